The molecule has 0 fully saturated rings. The molecule has 0 aliphatic heterocycles. The molecule has 0 saturated heterocycles. The van der Waals surface area contributed by atoms with Gasteiger partial charge in [-0.15, -0.1) is 0 Å². The van der Waals surface area contributed by atoms with Crippen LogP contribution in [-0.2, 0) is 0 Å². The van der Waals surface area contributed by atoms with E-state index >= 15 is 0 Å². The highest BCUT2D eigenvalue weighted by Crippen LogP contribution is 2.27. The molecule has 0 amide bonds. The summed E-state index contributed by atoms with van der Waals surface area (Å²) in [6.07, 6.45) is 0. The van der Waals surface area contributed by atoms with Gasteiger partial charge in [0.2, 0.25) is 0 Å². The molecule has 17 heavy (non-hydrogen) atoms. The van der Waals surface area contributed by atoms with Gasteiger partial charge >= 0.3 is 0 Å². The summed E-state index contributed by atoms with van der Waals surface area (Å²) in [6, 6.07) is 15.0. The molecule has 0 aliphatic carbocycles. The van der Waals surface area contributed by atoms with E-state index in [2.05, 4.69) is 40.3 Å². The van der Waals surface area contributed by atoms with Crippen molar-refractivity contribution in [3.05, 3.63) is 64.4 Å². The third-order valence-corrected chi connectivity index (χ3v) is 3.26. The zero-order valence-corrected chi connectivity index (χ0v) is 11.0. The van der Waals surface area contributed by atoms with Crippen molar-refractivity contribution in [2.24, 2.45) is 0 Å². The van der Waals surface area contributed by atoms with Crippen LogP contribution in [0.15, 0.2) is 53.0 Å². The first kappa shape index (κ1) is 12.1. The first-order chi connectivity index (χ1) is 8.16. The smallest absolute Gasteiger partial charge is 0.124 e. The summed E-state index contributed by atoms with van der Waals surface area (Å²) in [6.45, 7) is 2.07. The molecule has 0 spiro atoms. The Hall–Kier alpha value is -1.35. The molecule has 0 bridgehead atoms. The van der Waals surface area contributed by atoms with Crippen molar-refractivity contribution < 1.29 is 4.39 Å². The fraction of sp³-hybridized carbons (Fsp3) is 0.143. The first-order valence-electron chi connectivity index (χ1n) is 5.43. The van der Waals surface area contributed by atoms with Gasteiger partial charge in [0.1, 0.15) is 5.82 Å². The first-order valence-corrected chi connectivity index (χ1v) is 6.22. The highest BCUT2D eigenvalue weighted by Gasteiger charge is 2.07. The minimum Gasteiger partial charge on any atom is -0.378 e. The molecule has 0 aromatic heterocycles. The Bertz CT molecular complexity index is 499. The van der Waals surface area contributed by atoms with Gasteiger partial charge in [-0.2, -0.15) is 0 Å². The van der Waals surface area contributed by atoms with Gasteiger partial charge in [0.25, 0.3) is 0 Å². The Kier molecular flexibility index (Phi) is 3.79. The van der Waals surface area contributed by atoms with Crippen molar-refractivity contribution >= 4 is 21.6 Å². The third-order valence-electron chi connectivity index (χ3n) is 2.60. The van der Waals surface area contributed by atoms with E-state index in [1.165, 1.54) is 17.7 Å². The Morgan fingerprint density at radius 2 is 1.82 bits per heavy atom. The lowest BCUT2D eigenvalue weighted by molar-refractivity contribution is 0.627. The topological polar surface area (TPSA) is 12.0 Å². The summed E-state index contributed by atoms with van der Waals surface area (Å²) in [4.78, 5) is 0. The van der Waals surface area contributed by atoms with Gasteiger partial charge in [0, 0.05) is 16.2 Å². The molecule has 1 nitrogen and oxygen atoms in total. The van der Waals surface area contributed by atoms with E-state index in [4.69, 9.17) is 0 Å². The maximum atomic E-state index is 13.0. The molecule has 0 saturated carbocycles. The van der Waals surface area contributed by atoms with Crippen LogP contribution in [0.25, 0.3) is 0 Å². The van der Waals surface area contributed by atoms with Gasteiger partial charge in [-0.1, -0.05) is 30.3 Å². The third kappa shape index (κ3) is 3.07. The van der Waals surface area contributed by atoms with Crippen LogP contribution in [0.2, 0.25) is 0 Å². The lowest BCUT2D eigenvalue weighted by Crippen LogP contribution is -2.06. The summed E-state index contributed by atoms with van der Waals surface area (Å²) < 4.78 is 13.7. The Labute approximate surface area is 109 Å². The molecule has 0 aliphatic rings. The highest BCUT2D eigenvalue weighted by molar-refractivity contribution is 9.10. The fourth-order valence-electron chi connectivity index (χ4n) is 1.66. The molecule has 0 radical (unpaired) electrons. The van der Waals surface area contributed by atoms with E-state index in [1.54, 1.807) is 6.07 Å². The number of nitrogens with one attached hydrogen (secondary N) is 1. The van der Waals surface area contributed by atoms with Crippen molar-refractivity contribution in [1.82, 2.24) is 0 Å². The molecule has 1 N–H and O–H groups in total. The highest BCUT2D eigenvalue weighted by atomic mass is 79.9. The second kappa shape index (κ2) is 5.32. The number of rotatable bonds is 3. The molecule has 88 valence electrons. The lowest BCUT2D eigenvalue weighted by atomic mass is 10.1. The zero-order valence-electron chi connectivity index (χ0n) is 9.45. The predicted octanol–water partition coefficient (Wildman–Crippen LogP) is 4.76. The molecule has 1 atom stereocenters. The van der Waals surface area contributed by atoms with Gasteiger partial charge in [-0.3, -0.25) is 0 Å². The molecular weight excluding hydrogens is 281 g/mol. The van der Waals surface area contributed by atoms with Crippen molar-refractivity contribution in [2.75, 3.05) is 5.32 Å². The molecule has 0 heterocycles. The molecule has 2 aromatic rings. The number of hydrogen-bond acceptors (Lipinski definition) is 1. The Balaban J connectivity index is 2.16. The molecule has 2 aromatic carbocycles. The van der Waals surface area contributed by atoms with Crippen molar-refractivity contribution in [1.29, 1.82) is 0 Å². The minimum atomic E-state index is -0.241. The maximum Gasteiger partial charge on any atom is 0.124 e. The number of benzene rings is 2. The normalized spacial score (nSPS) is 12.2. The van der Waals surface area contributed by atoms with E-state index in [1.807, 2.05) is 18.2 Å². The minimum absolute atomic E-state index is 0.179. The zero-order chi connectivity index (χ0) is 12.3. The summed E-state index contributed by atoms with van der Waals surface area (Å²) in [5.74, 6) is -0.241. The summed E-state index contributed by atoms with van der Waals surface area (Å²) in [7, 11) is 0. The van der Waals surface area contributed by atoms with Gasteiger partial charge < -0.3 is 5.32 Å². The van der Waals surface area contributed by atoms with Crippen molar-refractivity contribution in [3.63, 3.8) is 0 Å². The van der Waals surface area contributed by atoms with Crippen molar-refractivity contribution in [3.8, 4) is 0 Å². The number of halogens is 2. The van der Waals surface area contributed by atoms with Crippen molar-refractivity contribution in [2.45, 2.75) is 13.0 Å². The number of hydrogen-bond donors (Lipinski definition) is 1. The van der Waals surface area contributed by atoms with Crippen LogP contribution in [0.5, 0.6) is 0 Å². The van der Waals surface area contributed by atoms with Crippen LogP contribution < -0.4 is 5.32 Å². The summed E-state index contributed by atoms with van der Waals surface area (Å²) in [5, 5.41) is 3.34. The van der Waals surface area contributed by atoms with E-state index in [-0.39, 0.29) is 11.9 Å². The average Bonchev–Trinajstić information content (AvgIpc) is 2.34. The number of anilines is 1. The fourth-order valence-corrected chi connectivity index (χ4v) is 2.13. The van der Waals surface area contributed by atoms with Crippen LogP contribution in [0.3, 0.4) is 0 Å². The maximum absolute atomic E-state index is 13.0. The molecule has 1 unspecified atom stereocenters. The molecular formula is C14H13BrFN. The van der Waals surface area contributed by atoms with Gasteiger partial charge in [0.05, 0.1) is 0 Å². The van der Waals surface area contributed by atoms with Crippen LogP contribution in [-0.4, -0.2) is 0 Å². The SMILES string of the molecule is CC(Nc1ccc(F)cc1Br)c1ccccc1. The standard InChI is InChI=1S/C14H13BrFN/c1-10(11-5-3-2-4-6-11)17-14-8-7-12(16)9-13(14)15/h2-10,17H,1H3. The quantitative estimate of drug-likeness (QED) is 0.860. The summed E-state index contributed by atoms with van der Waals surface area (Å²) in [5.41, 5.74) is 2.09. The van der Waals surface area contributed by atoms with E-state index in [0.717, 1.165) is 10.2 Å². The van der Waals surface area contributed by atoms with Crippen LogP contribution in [0, 0.1) is 5.82 Å². The second-order valence-corrected chi connectivity index (χ2v) is 4.76. The van der Waals surface area contributed by atoms with E-state index in [9.17, 15) is 4.39 Å². The van der Waals surface area contributed by atoms with E-state index < -0.39 is 0 Å². The van der Waals surface area contributed by atoms with Gasteiger partial charge in [0.15, 0.2) is 0 Å². The van der Waals surface area contributed by atoms with E-state index in [0.29, 0.717) is 0 Å². The second-order valence-electron chi connectivity index (χ2n) is 3.90. The predicted molar refractivity (Wildman–Crippen MR) is 72.6 cm³/mol. The summed E-state index contributed by atoms with van der Waals surface area (Å²) >= 11 is 3.35. The van der Waals surface area contributed by atoms with Gasteiger partial charge in [-0.05, 0) is 46.6 Å². The van der Waals surface area contributed by atoms with Gasteiger partial charge in [-0.25, -0.2) is 4.39 Å². The van der Waals surface area contributed by atoms with Crippen LogP contribution >= 0.6 is 15.9 Å². The molecule has 2 rings (SSSR count). The molecule has 3 heteroatoms. The van der Waals surface area contributed by atoms with Crippen LogP contribution in [0.4, 0.5) is 10.1 Å². The Morgan fingerprint density at radius 1 is 1.12 bits per heavy atom. The lowest BCUT2D eigenvalue weighted by Gasteiger charge is -2.16. The largest absolute Gasteiger partial charge is 0.378 e. The monoisotopic (exact) mass is 293 g/mol. The van der Waals surface area contributed by atoms with Crippen LogP contribution in [0.1, 0.15) is 18.5 Å². The Morgan fingerprint density at radius 3 is 2.47 bits per heavy atom. The average molecular weight is 294 g/mol.